The second-order valence-electron chi connectivity index (χ2n) is 3.23. The summed E-state index contributed by atoms with van der Waals surface area (Å²) in [5.41, 5.74) is -0.0417. The molecule has 0 atom stereocenters. The standard InChI is InChI=1S/C6H9.C4H9.Cu.Li/c1-5-6(2,3)4;1-3-4-2;;/h2-4H3;1,3-4H2,2H3;;/q2*-1;+2;. The molecule has 0 nitrogen and oxygen atoms in total. The summed E-state index contributed by atoms with van der Waals surface area (Å²) in [7, 11) is 0. The number of unbranched alkanes of at least 4 members (excludes halogenated alkanes) is 1. The van der Waals surface area contributed by atoms with Crippen LogP contribution in [-0.4, -0.2) is 18.9 Å². The maximum absolute atomic E-state index is 6.60. The first-order valence-electron chi connectivity index (χ1n) is 3.71. The Balaban J connectivity index is -0.0000000483. The maximum atomic E-state index is 6.60. The smallest absolute Gasteiger partial charge is 0.693 e. The fourth-order valence-electron chi connectivity index (χ4n) is 0. The topological polar surface area (TPSA) is 0 Å². The van der Waals surface area contributed by atoms with E-state index in [4.69, 9.17) is 6.42 Å². The normalized spacial score (nSPS) is 7.67. The van der Waals surface area contributed by atoms with Gasteiger partial charge in [0.2, 0.25) is 0 Å². The molecule has 0 unspecified atom stereocenters. The molecule has 0 N–H and O–H groups in total. The van der Waals surface area contributed by atoms with Crippen LogP contribution >= 0.6 is 0 Å². The van der Waals surface area contributed by atoms with Crippen molar-refractivity contribution in [3.63, 3.8) is 0 Å². The fourth-order valence-corrected chi connectivity index (χ4v) is 0. The average molecular weight is 209 g/mol. The molecular formula is C10H18CuLi. The minimum absolute atomic E-state index is 0. The van der Waals surface area contributed by atoms with Gasteiger partial charge in [0.25, 0.3) is 0 Å². The van der Waals surface area contributed by atoms with Crippen molar-refractivity contribution in [2.24, 2.45) is 5.41 Å². The zero-order valence-electron chi connectivity index (χ0n) is 8.92. The Labute approximate surface area is 101 Å². The van der Waals surface area contributed by atoms with E-state index in [0.29, 0.717) is 0 Å². The van der Waals surface area contributed by atoms with Crippen molar-refractivity contribution in [3.05, 3.63) is 13.3 Å². The van der Waals surface area contributed by atoms with Gasteiger partial charge in [-0.1, -0.05) is 34.1 Å². The number of rotatable bonds is 1. The van der Waals surface area contributed by atoms with Gasteiger partial charge in [-0.25, -0.2) is 0 Å². The predicted molar refractivity (Wildman–Crippen MR) is 52.6 cm³/mol. The van der Waals surface area contributed by atoms with E-state index < -0.39 is 0 Å². The van der Waals surface area contributed by atoms with E-state index in [1.54, 1.807) is 0 Å². The molecule has 0 aromatic carbocycles. The fraction of sp³-hybridized carbons (Fsp3) is 0.700. The third-order valence-electron chi connectivity index (χ3n) is 0.729. The molecule has 0 amide bonds. The van der Waals surface area contributed by atoms with Crippen LogP contribution in [0.5, 0.6) is 0 Å². The molecule has 12 heavy (non-hydrogen) atoms. The van der Waals surface area contributed by atoms with Gasteiger partial charge in [0.05, 0.1) is 0 Å². The van der Waals surface area contributed by atoms with Crippen LogP contribution in [0, 0.1) is 24.7 Å². The van der Waals surface area contributed by atoms with Crippen molar-refractivity contribution in [1.29, 1.82) is 0 Å². The van der Waals surface area contributed by atoms with E-state index >= 15 is 0 Å². The number of hydrogen-bond acceptors (Lipinski definition) is 0. The molecule has 0 saturated heterocycles. The molecule has 0 heterocycles. The molecule has 0 fully saturated rings. The summed E-state index contributed by atoms with van der Waals surface area (Å²) in [6, 6.07) is 0. The largest absolute Gasteiger partial charge is 2.00 e. The van der Waals surface area contributed by atoms with Crippen LogP contribution < -0.4 is 0 Å². The summed E-state index contributed by atoms with van der Waals surface area (Å²) >= 11 is 0. The Morgan fingerprint density at radius 2 is 1.50 bits per heavy atom. The van der Waals surface area contributed by atoms with E-state index in [1.165, 1.54) is 6.42 Å². The van der Waals surface area contributed by atoms with Gasteiger partial charge in [0.15, 0.2) is 0 Å². The van der Waals surface area contributed by atoms with Crippen molar-refractivity contribution in [3.8, 4) is 5.92 Å². The van der Waals surface area contributed by atoms with Crippen molar-refractivity contribution < 1.29 is 17.1 Å². The van der Waals surface area contributed by atoms with Gasteiger partial charge in [-0.15, -0.1) is 0 Å². The molecule has 0 aromatic heterocycles. The quantitative estimate of drug-likeness (QED) is 0.353. The molecule has 0 aliphatic heterocycles. The molecule has 0 aliphatic rings. The van der Waals surface area contributed by atoms with Crippen LogP contribution in [0.15, 0.2) is 0 Å². The molecule has 0 rings (SSSR count). The Kier molecular flexibility index (Phi) is 27.2. The molecule has 0 aromatic rings. The van der Waals surface area contributed by atoms with Crippen LogP contribution in [0.2, 0.25) is 0 Å². The van der Waals surface area contributed by atoms with Gasteiger partial charge in [0, 0.05) is 18.9 Å². The van der Waals surface area contributed by atoms with E-state index in [2.05, 4.69) is 19.8 Å². The van der Waals surface area contributed by atoms with Crippen molar-refractivity contribution in [2.45, 2.75) is 40.5 Å². The van der Waals surface area contributed by atoms with Crippen LogP contribution in [0.25, 0.3) is 0 Å². The predicted octanol–water partition coefficient (Wildman–Crippen LogP) is 2.86. The van der Waals surface area contributed by atoms with Crippen molar-refractivity contribution in [1.82, 2.24) is 0 Å². The Bertz CT molecular complexity index is 95.4. The van der Waals surface area contributed by atoms with E-state index in [1.807, 2.05) is 20.8 Å². The average Bonchev–Trinajstić information content (AvgIpc) is 1.87. The Morgan fingerprint density at radius 3 is 1.50 bits per heavy atom. The molecule has 0 bridgehead atoms. The van der Waals surface area contributed by atoms with Gasteiger partial charge >= 0.3 is 17.1 Å². The van der Waals surface area contributed by atoms with E-state index in [9.17, 15) is 0 Å². The summed E-state index contributed by atoms with van der Waals surface area (Å²) in [6.45, 7) is 11.6. The minimum atomic E-state index is -0.0417. The third kappa shape index (κ3) is 45.7. The third-order valence-corrected chi connectivity index (χ3v) is 0.729. The monoisotopic (exact) mass is 208 g/mol. The minimum Gasteiger partial charge on any atom is -0.693 e. The van der Waals surface area contributed by atoms with Crippen molar-refractivity contribution in [2.75, 3.05) is 0 Å². The van der Waals surface area contributed by atoms with Crippen LogP contribution in [0.4, 0.5) is 0 Å². The molecule has 0 saturated carbocycles. The second-order valence-corrected chi connectivity index (χ2v) is 3.23. The molecule has 2 radical (unpaired) electrons. The van der Waals surface area contributed by atoms with E-state index in [0.717, 1.165) is 6.42 Å². The second kappa shape index (κ2) is 14.2. The Hall–Kier alpha value is 0.677. The van der Waals surface area contributed by atoms with E-state index in [-0.39, 0.29) is 41.3 Å². The molecule has 2 heteroatoms. The molecule has 0 spiro atoms. The first kappa shape index (κ1) is 23.0. The SMILES string of the molecule is [C-]#CC(C)(C)C.[CH2-]CCC.[Cu+2].[Li]. The summed E-state index contributed by atoms with van der Waals surface area (Å²) in [5.74, 6) is 2.35. The molecule has 70 valence electrons. The van der Waals surface area contributed by atoms with Crippen LogP contribution in [-0.2, 0) is 17.1 Å². The summed E-state index contributed by atoms with van der Waals surface area (Å²) in [4.78, 5) is 0. The van der Waals surface area contributed by atoms with Crippen molar-refractivity contribution >= 4 is 18.9 Å². The molecular weight excluding hydrogens is 191 g/mol. The zero-order chi connectivity index (χ0) is 8.62. The molecule has 0 aliphatic carbocycles. The van der Waals surface area contributed by atoms with Gasteiger partial charge in [-0.05, 0) is 5.41 Å². The first-order chi connectivity index (χ1) is 4.47. The number of hydrogen-bond donors (Lipinski definition) is 0. The van der Waals surface area contributed by atoms with Crippen LogP contribution in [0.1, 0.15) is 40.5 Å². The van der Waals surface area contributed by atoms with Gasteiger partial charge in [-0.3, -0.25) is 0 Å². The maximum Gasteiger partial charge on any atom is 2.00 e. The van der Waals surface area contributed by atoms with Gasteiger partial charge < -0.3 is 19.3 Å². The summed E-state index contributed by atoms with van der Waals surface area (Å²) in [5, 5.41) is 0. The summed E-state index contributed by atoms with van der Waals surface area (Å²) < 4.78 is 0. The van der Waals surface area contributed by atoms with Gasteiger partial charge in [-0.2, -0.15) is 6.42 Å². The summed E-state index contributed by atoms with van der Waals surface area (Å²) in [6.07, 6.45) is 8.88. The Morgan fingerprint density at radius 1 is 1.33 bits per heavy atom. The zero-order valence-corrected chi connectivity index (χ0v) is 9.86. The van der Waals surface area contributed by atoms with Crippen LogP contribution in [0.3, 0.4) is 0 Å². The first-order valence-corrected chi connectivity index (χ1v) is 3.71. The van der Waals surface area contributed by atoms with Gasteiger partial charge in [0.1, 0.15) is 0 Å².